The molecule has 0 rings (SSSR count). The number of carbonyl (C=O) groups excluding carboxylic acids is 1. The second kappa shape index (κ2) is 6.89. The van der Waals surface area contributed by atoms with E-state index in [-0.39, 0.29) is 18.0 Å². The van der Waals surface area contributed by atoms with Gasteiger partial charge in [-0.25, -0.2) is 0 Å². The van der Waals surface area contributed by atoms with Crippen molar-refractivity contribution in [1.29, 1.82) is 0 Å². The van der Waals surface area contributed by atoms with Gasteiger partial charge in [0.1, 0.15) is 0 Å². The first-order valence-electron chi connectivity index (χ1n) is 4.99. The summed E-state index contributed by atoms with van der Waals surface area (Å²) in [5, 5.41) is 0. The summed E-state index contributed by atoms with van der Waals surface area (Å²) in [5.74, 6) is 0.0974. The van der Waals surface area contributed by atoms with Crippen LogP contribution in [-0.4, -0.2) is 18.6 Å². The van der Waals surface area contributed by atoms with Gasteiger partial charge in [-0.2, -0.15) is 0 Å². The molecule has 2 unspecified atom stereocenters. The van der Waals surface area contributed by atoms with Crippen molar-refractivity contribution in [3.63, 3.8) is 0 Å². The summed E-state index contributed by atoms with van der Waals surface area (Å²) in [6.45, 7) is 6.49. The molecule has 0 heterocycles. The maximum absolute atomic E-state index is 11.2. The van der Waals surface area contributed by atoms with Crippen molar-refractivity contribution < 1.29 is 9.53 Å². The van der Waals surface area contributed by atoms with Gasteiger partial charge < -0.3 is 10.5 Å². The number of hydrogen-bond acceptors (Lipinski definition) is 3. The topological polar surface area (TPSA) is 52.3 Å². The highest BCUT2D eigenvalue weighted by Crippen LogP contribution is 2.06. The molecule has 0 aliphatic carbocycles. The molecule has 0 radical (unpaired) electrons. The molecule has 2 N–H and O–H groups in total. The smallest absolute Gasteiger partial charge is 0.306 e. The van der Waals surface area contributed by atoms with Crippen LogP contribution in [0, 0.1) is 5.92 Å². The lowest BCUT2D eigenvalue weighted by atomic mass is 10.1. The Morgan fingerprint density at radius 3 is 2.54 bits per heavy atom. The Labute approximate surface area is 80.6 Å². The van der Waals surface area contributed by atoms with Crippen LogP contribution in [0.3, 0.4) is 0 Å². The third-order valence-corrected chi connectivity index (χ3v) is 1.95. The fourth-order valence-corrected chi connectivity index (χ4v) is 1.11. The Morgan fingerprint density at radius 1 is 1.46 bits per heavy atom. The first kappa shape index (κ1) is 12.4. The Bertz CT molecular complexity index is 148. The second-order valence-corrected chi connectivity index (χ2v) is 3.63. The van der Waals surface area contributed by atoms with E-state index in [2.05, 4.69) is 6.92 Å². The van der Waals surface area contributed by atoms with Crippen molar-refractivity contribution in [2.75, 3.05) is 6.54 Å². The average molecular weight is 187 g/mol. The zero-order valence-electron chi connectivity index (χ0n) is 8.88. The van der Waals surface area contributed by atoms with Crippen LogP contribution >= 0.6 is 0 Å². The highest BCUT2D eigenvalue weighted by Gasteiger charge is 2.11. The Hall–Kier alpha value is -0.570. The van der Waals surface area contributed by atoms with Gasteiger partial charge in [0.2, 0.25) is 0 Å². The van der Waals surface area contributed by atoms with Gasteiger partial charge in [0, 0.05) is 6.42 Å². The first-order chi connectivity index (χ1) is 6.10. The van der Waals surface area contributed by atoms with Gasteiger partial charge in [-0.1, -0.05) is 20.3 Å². The van der Waals surface area contributed by atoms with E-state index in [9.17, 15) is 4.79 Å². The van der Waals surface area contributed by atoms with Crippen molar-refractivity contribution in [2.24, 2.45) is 11.7 Å². The van der Waals surface area contributed by atoms with E-state index in [0.717, 1.165) is 12.8 Å². The summed E-state index contributed by atoms with van der Waals surface area (Å²) in [4.78, 5) is 11.2. The molecule has 2 atom stereocenters. The molecular weight excluding hydrogens is 166 g/mol. The summed E-state index contributed by atoms with van der Waals surface area (Å²) in [6.07, 6.45) is 2.45. The van der Waals surface area contributed by atoms with Gasteiger partial charge in [0.25, 0.3) is 0 Å². The summed E-state index contributed by atoms with van der Waals surface area (Å²) >= 11 is 0. The normalized spacial score (nSPS) is 15.1. The van der Waals surface area contributed by atoms with E-state index in [0.29, 0.717) is 13.0 Å². The molecule has 0 aliphatic heterocycles. The van der Waals surface area contributed by atoms with E-state index < -0.39 is 0 Å². The van der Waals surface area contributed by atoms with Gasteiger partial charge >= 0.3 is 5.97 Å². The molecular formula is C10H21NO2. The van der Waals surface area contributed by atoms with Crippen LogP contribution in [0.1, 0.15) is 40.0 Å². The molecule has 0 aromatic carbocycles. The standard InChI is InChI=1S/C10H21NO2/c1-4-5-9(3)13-10(12)6-8(2)7-11/h8-9H,4-7,11H2,1-3H3. The number of nitrogens with two attached hydrogens (primary N) is 1. The molecule has 0 spiro atoms. The predicted octanol–water partition coefficient (Wildman–Crippen LogP) is 1.70. The number of carbonyl (C=O) groups is 1. The predicted molar refractivity (Wildman–Crippen MR) is 53.3 cm³/mol. The monoisotopic (exact) mass is 187 g/mol. The molecule has 13 heavy (non-hydrogen) atoms. The largest absolute Gasteiger partial charge is 0.463 e. The quantitative estimate of drug-likeness (QED) is 0.644. The van der Waals surface area contributed by atoms with Crippen molar-refractivity contribution in [3.05, 3.63) is 0 Å². The highest BCUT2D eigenvalue weighted by atomic mass is 16.5. The zero-order chi connectivity index (χ0) is 10.3. The fraction of sp³-hybridized carbons (Fsp3) is 0.900. The fourth-order valence-electron chi connectivity index (χ4n) is 1.11. The van der Waals surface area contributed by atoms with Gasteiger partial charge in [-0.15, -0.1) is 0 Å². The molecule has 0 aromatic rings. The van der Waals surface area contributed by atoms with Crippen LogP contribution in [0.15, 0.2) is 0 Å². The lowest BCUT2D eigenvalue weighted by molar-refractivity contribution is -0.149. The van der Waals surface area contributed by atoms with Crippen LogP contribution in [0.2, 0.25) is 0 Å². The first-order valence-corrected chi connectivity index (χ1v) is 4.99. The molecule has 0 saturated heterocycles. The maximum atomic E-state index is 11.2. The Kier molecular flexibility index (Phi) is 6.59. The second-order valence-electron chi connectivity index (χ2n) is 3.63. The molecule has 3 heteroatoms. The molecule has 0 fully saturated rings. The van der Waals surface area contributed by atoms with E-state index in [1.165, 1.54) is 0 Å². The minimum absolute atomic E-state index is 0.0440. The zero-order valence-corrected chi connectivity index (χ0v) is 8.88. The number of esters is 1. The molecule has 0 aromatic heterocycles. The van der Waals surface area contributed by atoms with E-state index in [1.807, 2.05) is 13.8 Å². The Morgan fingerprint density at radius 2 is 2.08 bits per heavy atom. The van der Waals surface area contributed by atoms with Crippen LogP contribution in [-0.2, 0) is 9.53 Å². The van der Waals surface area contributed by atoms with E-state index in [1.54, 1.807) is 0 Å². The molecule has 0 saturated carbocycles. The SMILES string of the molecule is CCCC(C)OC(=O)CC(C)CN. The lowest BCUT2D eigenvalue weighted by Gasteiger charge is -2.13. The Balaban J connectivity index is 3.61. The summed E-state index contributed by atoms with van der Waals surface area (Å²) in [7, 11) is 0. The third kappa shape index (κ3) is 6.58. The van der Waals surface area contributed by atoms with Gasteiger partial charge in [-0.05, 0) is 25.8 Å². The molecule has 0 amide bonds. The lowest BCUT2D eigenvalue weighted by Crippen LogP contribution is -2.20. The molecule has 0 bridgehead atoms. The summed E-state index contributed by atoms with van der Waals surface area (Å²) < 4.78 is 5.17. The minimum Gasteiger partial charge on any atom is -0.463 e. The van der Waals surface area contributed by atoms with Gasteiger partial charge in [-0.3, -0.25) is 4.79 Å². The molecule has 0 aliphatic rings. The van der Waals surface area contributed by atoms with Crippen molar-refractivity contribution in [3.8, 4) is 0 Å². The number of rotatable bonds is 6. The van der Waals surface area contributed by atoms with Crippen LogP contribution in [0.5, 0.6) is 0 Å². The third-order valence-electron chi connectivity index (χ3n) is 1.95. The molecule has 78 valence electrons. The summed E-state index contributed by atoms with van der Waals surface area (Å²) in [6, 6.07) is 0. The van der Waals surface area contributed by atoms with E-state index >= 15 is 0 Å². The van der Waals surface area contributed by atoms with Gasteiger partial charge in [0.05, 0.1) is 6.10 Å². The maximum Gasteiger partial charge on any atom is 0.306 e. The molecule has 3 nitrogen and oxygen atoms in total. The number of ether oxygens (including phenoxy) is 1. The van der Waals surface area contributed by atoms with Crippen LogP contribution < -0.4 is 5.73 Å². The van der Waals surface area contributed by atoms with Crippen LogP contribution in [0.25, 0.3) is 0 Å². The minimum atomic E-state index is -0.126. The average Bonchev–Trinajstić information content (AvgIpc) is 2.04. The number of hydrogen-bond donors (Lipinski definition) is 1. The van der Waals surface area contributed by atoms with E-state index in [4.69, 9.17) is 10.5 Å². The summed E-state index contributed by atoms with van der Waals surface area (Å²) in [5.41, 5.74) is 5.40. The highest BCUT2D eigenvalue weighted by molar-refractivity contribution is 5.69. The van der Waals surface area contributed by atoms with Crippen LogP contribution in [0.4, 0.5) is 0 Å². The van der Waals surface area contributed by atoms with Crippen molar-refractivity contribution in [2.45, 2.75) is 46.1 Å². The van der Waals surface area contributed by atoms with Crippen molar-refractivity contribution in [1.82, 2.24) is 0 Å². The van der Waals surface area contributed by atoms with Crippen molar-refractivity contribution >= 4 is 5.97 Å². The van der Waals surface area contributed by atoms with Gasteiger partial charge in [0.15, 0.2) is 0 Å².